The molecule has 1 amide bonds. The van der Waals surface area contributed by atoms with Gasteiger partial charge in [-0.2, -0.15) is 5.26 Å². The monoisotopic (exact) mass is 520 g/mol. The van der Waals surface area contributed by atoms with Crippen molar-refractivity contribution < 1.29 is 28.5 Å². The Morgan fingerprint density at radius 1 is 1.05 bits per heavy atom. The maximum atomic E-state index is 13.9. The number of benzene rings is 2. The number of carbonyl (C=O) groups excluding carboxylic acids is 1. The molecule has 2 saturated heterocycles. The van der Waals surface area contributed by atoms with Gasteiger partial charge in [-0.25, -0.2) is 0 Å². The van der Waals surface area contributed by atoms with E-state index >= 15 is 0 Å². The van der Waals surface area contributed by atoms with Crippen molar-refractivity contribution in [3.8, 4) is 6.07 Å². The molecule has 5 rings (SSSR count). The Hall–Kier alpha value is -2.80. The van der Waals surface area contributed by atoms with Crippen LogP contribution in [0.4, 0.5) is 0 Å². The molecule has 1 saturated carbocycles. The van der Waals surface area contributed by atoms with Crippen molar-refractivity contribution in [2.24, 2.45) is 0 Å². The molecule has 202 valence electrons. The first-order valence-corrected chi connectivity index (χ1v) is 13.4. The van der Waals surface area contributed by atoms with Crippen LogP contribution in [0.15, 0.2) is 54.6 Å². The summed E-state index contributed by atoms with van der Waals surface area (Å²) in [6, 6.07) is 19.3. The van der Waals surface area contributed by atoms with Crippen molar-refractivity contribution in [3.63, 3.8) is 0 Å². The second-order valence-corrected chi connectivity index (χ2v) is 10.8. The summed E-state index contributed by atoms with van der Waals surface area (Å²) in [6.45, 7) is 5.54. The largest absolute Gasteiger partial charge is 0.376 e. The van der Waals surface area contributed by atoms with Crippen molar-refractivity contribution in [2.75, 3.05) is 13.2 Å². The predicted octanol–water partition coefficient (Wildman–Crippen LogP) is 4.01. The summed E-state index contributed by atoms with van der Waals surface area (Å²) in [5, 5.41) is 12.2. The van der Waals surface area contributed by atoms with Gasteiger partial charge in [0.25, 0.3) is 5.91 Å². The summed E-state index contributed by atoms with van der Waals surface area (Å²) < 4.78 is 31.2. The number of hydrogen-bond donors (Lipinski definition) is 1. The Morgan fingerprint density at radius 3 is 2.53 bits per heavy atom. The number of nitriles is 1. The zero-order valence-corrected chi connectivity index (χ0v) is 22.1. The quantitative estimate of drug-likeness (QED) is 0.533. The van der Waals surface area contributed by atoms with Gasteiger partial charge in [0, 0.05) is 26.0 Å². The third-order valence-corrected chi connectivity index (χ3v) is 7.48. The van der Waals surface area contributed by atoms with E-state index in [1.807, 2.05) is 56.3 Å². The molecule has 38 heavy (non-hydrogen) atoms. The average molecular weight is 521 g/mol. The maximum Gasteiger partial charge on any atom is 0.252 e. The molecule has 8 heteroatoms. The van der Waals surface area contributed by atoms with Crippen LogP contribution in [0.1, 0.15) is 56.2 Å². The molecular formula is C30H36N2O6. The van der Waals surface area contributed by atoms with Crippen molar-refractivity contribution in [1.82, 2.24) is 5.32 Å². The van der Waals surface area contributed by atoms with E-state index in [4.69, 9.17) is 28.9 Å². The minimum absolute atomic E-state index is 0.0230. The van der Waals surface area contributed by atoms with Crippen LogP contribution in [-0.2, 0) is 41.7 Å². The second kappa shape index (κ2) is 11.5. The molecule has 2 unspecified atom stereocenters. The number of rotatable bonds is 9. The smallest absolute Gasteiger partial charge is 0.252 e. The van der Waals surface area contributed by atoms with E-state index in [-0.39, 0.29) is 30.8 Å². The average Bonchev–Trinajstić information content (AvgIpc) is 3.56. The highest BCUT2D eigenvalue weighted by atomic mass is 16.8. The molecule has 2 aromatic rings. The van der Waals surface area contributed by atoms with E-state index in [1.165, 1.54) is 0 Å². The van der Waals surface area contributed by atoms with Gasteiger partial charge in [0.2, 0.25) is 0 Å². The number of fused-ring (bicyclic) bond motifs is 1. The van der Waals surface area contributed by atoms with E-state index in [0.29, 0.717) is 31.6 Å². The highest BCUT2D eigenvalue weighted by Gasteiger charge is 2.58. The lowest BCUT2D eigenvalue weighted by Crippen LogP contribution is -2.60. The first-order valence-electron chi connectivity index (χ1n) is 13.4. The van der Waals surface area contributed by atoms with Gasteiger partial charge < -0.3 is 29.0 Å². The van der Waals surface area contributed by atoms with Crippen LogP contribution in [0.5, 0.6) is 0 Å². The molecule has 5 atom stereocenters. The fraction of sp³-hybridized carbons (Fsp3) is 0.533. The summed E-state index contributed by atoms with van der Waals surface area (Å²) in [5.41, 5.74) is 1.36. The Bertz CT molecular complexity index is 1130. The molecule has 1 N–H and O–H groups in total. The van der Waals surface area contributed by atoms with Gasteiger partial charge in [-0.3, -0.25) is 4.79 Å². The first kappa shape index (κ1) is 26.8. The van der Waals surface area contributed by atoms with Crippen molar-refractivity contribution >= 4 is 5.91 Å². The summed E-state index contributed by atoms with van der Waals surface area (Å²) in [5.74, 6) is -0.975. The number of nitrogens with one attached hydrogen (secondary N) is 1. The first-order chi connectivity index (χ1) is 18.4. The van der Waals surface area contributed by atoms with Crippen LogP contribution in [-0.4, -0.2) is 54.9 Å². The van der Waals surface area contributed by atoms with Crippen LogP contribution in [0.3, 0.4) is 0 Å². The van der Waals surface area contributed by atoms with Gasteiger partial charge in [-0.15, -0.1) is 0 Å². The minimum Gasteiger partial charge on any atom is -0.376 e. The number of ether oxygens (including phenoxy) is 5. The van der Waals surface area contributed by atoms with Gasteiger partial charge in [-0.05, 0) is 49.9 Å². The summed E-state index contributed by atoms with van der Waals surface area (Å²) >= 11 is 0. The van der Waals surface area contributed by atoms with Gasteiger partial charge >= 0.3 is 0 Å². The lowest BCUT2D eigenvalue weighted by Gasteiger charge is -2.43. The van der Waals surface area contributed by atoms with Crippen LogP contribution >= 0.6 is 0 Å². The molecule has 3 aliphatic rings. The predicted molar refractivity (Wildman–Crippen MR) is 139 cm³/mol. The van der Waals surface area contributed by atoms with Gasteiger partial charge in [0.05, 0.1) is 43.2 Å². The molecular weight excluding hydrogens is 484 g/mol. The lowest BCUT2D eigenvalue weighted by atomic mass is 9.78. The zero-order valence-electron chi connectivity index (χ0n) is 22.1. The molecule has 0 bridgehead atoms. The maximum absolute atomic E-state index is 13.9. The zero-order chi connectivity index (χ0) is 26.6. The molecule has 0 aromatic heterocycles. The number of nitrogens with zero attached hydrogens (tertiary/aromatic N) is 1. The lowest BCUT2D eigenvalue weighted by molar-refractivity contribution is -0.183. The van der Waals surface area contributed by atoms with Crippen molar-refractivity contribution in [2.45, 2.75) is 88.5 Å². The molecule has 2 aromatic carbocycles. The third-order valence-electron chi connectivity index (χ3n) is 7.48. The Morgan fingerprint density at radius 2 is 1.82 bits per heavy atom. The number of amides is 1. The van der Waals surface area contributed by atoms with Crippen LogP contribution < -0.4 is 5.32 Å². The third kappa shape index (κ3) is 6.25. The Kier molecular flexibility index (Phi) is 8.12. The fourth-order valence-corrected chi connectivity index (χ4v) is 5.56. The van der Waals surface area contributed by atoms with Crippen molar-refractivity contribution in [3.05, 3.63) is 71.3 Å². The van der Waals surface area contributed by atoms with Crippen LogP contribution in [0.25, 0.3) is 0 Å². The van der Waals surface area contributed by atoms with Crippen molar-refractivity contribution in [1.29, 1.82) is 5.26 Å². The van der Waals surface area contributed by atoms with E-state index in [2.05, 4.69) is 11.4 Å². The van der Waals surface area contributed by atoms with Crippen LogP contribution in [0.2, 0.25) is 0 Å². The normalized spacial score (nSPS) is 29.9. The highest BCUT2D eigenvalue weighted by molar-refractivity contribution is 5.85. The molecule has 3 fully saturated rings. The van der Waals surface area contributed by atoms with E-state index in [9.17, 15) is 4.79 Å². The number of carbonyl (C=O) groups is 1. The summed E-state index contributed by atoms with van der Waals surface area (Å²) in [7, 11) is 0. The van der Waals surface area contributed by atoms with E-state index in [0.717, 1.165) is 30.6 Å². The van der Waals surface area contributed by atoms with Crippen LogP contribution in [0, 0.1) is 11.3 Å². The minimum atomic E-state index is -1.16. The molecule has 0 spiro atoms. The molecule has 2 aliphatic heterocycles. The SMILES string of the molecule is CC1(C)O[C@@H]2C[C@@](OCc3ccccc3)(C(=O)NCC3CCCO3)CC(OCc3ccc(C#N)cc3)[C@@H]2O1. The Balaban J connectivity index is 1.37. The van der Waals surface area contributed by atoms with E-state index < -0.39 is 17.5 Å². The van der Waals surface area contributed by atoms with Gasteiger partial charge in [0.1, 0.15) is 6.10 Å². The highest BCUT2D eigenvalue weighted by Crippen LogP contribution is 2.44. The molecule has 2 heterocycles. The second-order valence-electron chi connectivity index (χ2n) is 10.8. The fourth-order valence-electron chi connectivity index (χ4n) is 5.56. The topological polar surface area (TPSA) is 99.0 Å². The standard InChI is InChI=1S/C30H36N2O6/c1-29(2)37-26-16-30(36-20-22-7-4-3-5-8-22,28(33)32-18-24-9-6-14-34-24)15-25(27(26)38-29)35-19-23-12-10-21(17-31)11-13-23/h3-5,7-8,10-13,24-27H,6,9,14-16,18-20H2,1-2H3,(H,32,33)/t24?,25?,26-,27+,30-/m1/s1. The van der Waals surface area contributed by atoms with Gasteiger partial charge in [-0.1, -0.05) is 42.5 Å². The molecule has 8 nitrogen and oxygen atoms in total. The number of hydrogen-bond acceptors (Lipinski definition) is 7. The summed E-state index contributed by atoms with van der Waals surface area (Å²) in [6.07, 6.45) is 1.52. The molecule has 1 aliphatic carbocycles. The van der Waals surface area contributed by atoms with E-state index in [1.54, 1.807) is 12.1 Å². The Labute approximate surface area is 224 Å². The van der Waals surface area contributed by atoms with Gasteiger partial charge in [0.15, 0.2) is 11.4 Å². The summed E-state index contributed by atoms with van der Waals surface area (Å²) in [4.78, 5) is 13.9. The molecule has 0 radical (unpaired) electrons.